The number of rotatable bonds is 4. The zero-order chi connectivity index (χ0) is 13.1. The van der Waals surface area contributed by atoms with Gasteiger partial charge in [-0.05, 0) is 31.7 Å². The van der Waals surface area contributed by atoms with Crippen molar-refractivity contribution in [2.45, 2.75) is 38.2 Å². The Morgan fingerprint density at radius 1 is 1.37 bits per heavy atom. The standard InChI is InChI=1S/C15H19NO3/c17-16-14-7-6-13-12(14)4-1-5-15(13)19-10-8-11-3-2-9-18-11/h1,4-5,11,17H,2-3,6-10H2. The first kappa shape index (κ1) is 12.5. The predicted molar refractivity (Wildman–Crippen MR) is 72.2 cm³/mol. The molecule has 1 aromatic rings. The maximum absolute atomic E-state index is 8.95. The van der Waals surface area contributed by atoms with Crippen LogP contribution in [0.25, 0.3) is 0 Å². The van der Waals surface area contributed by atoms with Crippen LogP contribution in [0.4, 0.5) is 0 Å². The number of oxime groups is 1. The van der Waals surface area contributed by atoms with E-state index in [2.05, 4.69) is 5.16 Å². The second kappa shape index (κ2) is 5.61. The van der Waals surface area contributed by atoms with E-state index < -0.39 is 0 Å². The minimum absolute atomic E-state index is 0.367. The Morgan fingerprint density at radius 3 is 3.11 bits per heavy atom. The fourth-order valence-electron chi connectivity index (χ4n) is 2.88. The molecule has 1 aromatic carbocycles. The second-order valence-corrected chi connectivity index (χ2v) is 5.10. The van der Waals surface area contributed by atoms with Crippen molar-refractivity contribution in [2.24, 2.45) is 5.16 Å². The molecule has 1 heterocycles. The van der Waals surface area contributed by atoms with Gasteiger partial charge in [0.05, 0.1) is 18.4 Å². The fraction of sp³-hybridized carbons (Fsp3) is 0.533. The van der Waals surface area contributed by atoms with Crippen molar-refractivity contribution in [1.82, 2.24) is 0 Å². The largest absolute Gasteiger partial charge is 0.493 e. The first-order valence-corrected chi connectivity index (χ1v) is 6.96. The zero-order valence-corrected chi connectivity index (χ0v) is 11.0. The molecule has 1 aliphatic heterocycles. The van der Waals surface area contributed by atoms with Crippen molar-refractivity contribution in [3.05, 3.63) is 29.3 Å². The molecule has 1 unspecified atom stereocenters. The van der Waals surface area contributed by atoms with Gasteiger partial charge in [-0.25, -0.2) is 0 Å². The molecule has 2 aliphatic rings. The number of hydrogen-bond acceptors (Lipinski definition) is 4. The van der Waals surface area contributed by atoms with Crippen LogP contribution in [0, 0.1) is 0 Å². The van der Waals surface area contributed by atoms with E-state index >= 15 is 0 Å². The molecule has 102 valence electrons. The van der Waals surface area contributed by atoms with Crippen molar-refractivity contribution in [1.29, 1.82) is 0 Å². The lowest BCUT2D eigenvalue weighted by Crippen LogP contribution is -2.11. The van der Waals surface area contributed by atoms with Gasteiger partial charge in [0.1, 0.15) is 5.75 Å². The summed E-state index contributed by atoms with van der Waals surface area (Å²) in [5.74, 6) is 0.925. The Hall–Kier alpha value is -1.55. The van der Waals surface area contributed by atoms with Crippen LogP contribution in [0.2, 0.25) is 0 Å². The Bertz CT molecular complexity index is 478. The van der Waals surface area contributed by atoms with Gasteiger partial charge >= 0.3 is 0 Å². The van der Waals surface area contributed by atoms with Gasteiger partial charge in [0.15, 0.2) is 0 Å². The summed E-state index contributed by atoms with van der Waals surface area (Å²) >= 11 is 0. The Kier molecular flexibility index (Phi) is 3.69. The normalized spacial score (nSPS) is 23.8. The lowest BCUT2D eigenvalue weighted by Gasteiger charge is -2.13. The van der Waals surface area contributed by atoms with Crippen LogP contribution in [0.1, 0.15) is 36.8 Å². The molecule has 1 atom stereocenters. The van der Waals surface area contributed by atoms with E-state index in [1.54, 1.807) is 0 Å². The monoisotopic (exact) mass is 261 g/mol. The predicted octanol–water partition coefficient (Wildman–Crippen LogP) is 2.76. The zero-order valence-electron chi connectivity index (χ0n) is 11.0. The quantitative estimate of drug-likeness (QED) is 0.669. The van der Waals surface area contributed by atoms with Crippen molar-refractivity contribution >= 4 is 5.71 Å². The van der Waals surface area contributed by atoms with Crippen LogP contribution in [-0.4, -0.2) is 30.2 Å². The summed E-state index contributed by atoms with van der Waals surface area (Å²) in [5, 5.41) is 12.3. The molecular weight excluding hydrogens is 242 g/mol. The van der Waals surface area contributed by atoms with E-state index in [0.717, 1.165) is 49.3 Å². The van der Waals surface area contributed by atoms with Gasteiger partial charge in [-0.1, -0.05) is 17.3 Å². The molecule has 0 amide bonds. The lowest BCUT2D eigenvalue weighted by molar-refractivity contribution is 0.0902. The molecule has 1 saturated heterocycles. The molecule has 0 spiro atoms. The minimum atomic E-state index is 0.367. The first-order chi connectivity index (χ1) is 9.38. The Labute approximate surface area is 113 Å². The molecule has 0 bridgehead atoms. The number of hydrogen-bond donors (Lipinski definition) is 1. The number of ether oxygens (including phenoxy) is 2. The average Bonchev–Trinajstić information content (AvgIpc) is 3.07. The summed E-state index contributed by atoms with van der Waals surface area (Å²) in [5.41, 5.74) is 2.96. The Balaban J connectivity index is 1.64. The van der Waals surface area contributed by atoms with Crippen LogP contribution in [0.5, 0.6) is 5.75 Å². The third-order valence-electron chi connectivity index (χ3n) is 3.90. The number of nitrogens with zero attached hydrogens (tertiary/aromatic N) is 1. The molecule has 1 fully saturated rings. The van der Waals surface area contributed by atoms with Crippen molar-refractivity contribution in [3.8, 4) is 5.75 Å². The van der Waals surface area contributed by atoms with Crippen LogP contribution in [-0.2, 0) is 11.2 Å². The SMILES string of the molecule is ON=C1CCc2c(OCCC3CCCO3)cccc21. The van der Waals surface area contributed by atoms with Crippen molar-refractivity contribution in [2.75, 3.05) is 13.2 Å². The summed E-state index contributed by atoms with van der Waals surface area (Å²) in [6.07, 6.45) is 5.32. The second-order valence-electron chi connectivity index (χ2n) is 5.10. The van der Waals surface area contributed by atoms with Gasteiger partial charge in [0.2, 0.25) is 0 Å². The summed E-state index contributed by atoms with van der Waals surface area (Å²) in [6.45, 7) is 1.58. The fourth-order valence-corrected chi connectivity index (χ4v) is 2.88. The maximum atomic E-state index is 8.95. The molecule has 0 aromatic heterocycles. The molecule has 4 heteroatoms. The van der Waals surface area contributed by atoms with Gasteiger partial charge in [-0.3, -0.25) is 0 Å². The molecule has 19 heavy (non-hydrogen) atoms. The van der Waals surface area contributed by atoms with Crippen LogP contribution < -0.4 is 4.74 Å². The van der Waals surface area contributed by atoms with E-state index in [0.29, 0.717) is 12.7 Å². The summed E-state index contributed by atoms with van der Waals surface area (Å²) in [6, 6.07) is 5.94. The van der Waals surface area contributed by atoms with E-state index in [9.17, 15) is 0 Å². The third kappa shape index (κ3) is 2.59. The highest BCUT2D eigenvalue weighted by Crippen LogP contribution is 2.31. The summed E-state index contributed by atoms with van der Waals surface area (Å²) in [7, 11) is 0. The van der Waals surface area contributed by atoms with E-state index in [1.807, 2.05) is 18.2 Å². The van der Waals surface area contributed by atoms with E-state index in [4.69, 9.17) is 14.7 Å². The van der Waals surface area contributed by atoms with Crippen molar-refractivity contribution in [3.63, 3.8) is 0 Å². The molecule has 0 saturated carbocycles. The maximum Gasteiger partial charge on any atom is 0.123 e. The first-order valence-electron chi connectivity index (χ1n) is 6.96. The molecule has 1 aliphatic carbocycles. The van der Waals surface area contributed by atoms with E-state index in [1.165, 1.54) is 12.0 Å². The molecule has 1 N–H and O–H groups in total. The smallest absolute Gasteiger partial charge is 0.123 e. The highest BCUT2D eigenvalue weighted by Gasteiger charge is 2.22. The molecule has 4 nitrogen and oxygen atoms in total. The lowest BCUT2D eigenvalue weighted by atomic mass is 10.1. The highest BCUT2D eigenvalue weighted by molar-refractivity contribution is 6.04. The topological polar surface area (TPSA) is 51.1 Å². The third-order valence-corrected chi connectivity index (χ3v) is 3.90. The number of fused-ring (bicyclic) bond motifs is 1. The van der Waals surface area contributed by atoms with Gasteiger partial charge in [0, 0.05) is 24.2 Å². The summed E-state index contributed by atoms with van der Waals surface area (Å²) < 4.78 is 11.5. The molecular formula is C15H19NO3. The molecule has 0 radical (unpaired) electrons. The van der Waals surface area contributed by atoms with Crippen molar-refractivity contribution < 1.29 is 14.7 Å². The van der Waals surface area contributed by atoms with Gasteiger partial charge < -0.3 is 14.7 Å². The summed E-state index contributed by atoms with van der Waals surface area (Å²) in [4.78, 5) is 0. The van der Waals surface area contributed by atoms with E-state index in [-0.39, 0.29) is 0 Å². The van der Waals surface area contributed by atoms with Crippen LogP contribution in [0.3, 0.4) is 0 Å². The highest BCUT2D eigenvalue weighted by atomic mass is 16.5. The molecule has 3 rings (SSSR count). The van der Waals surface area contributed by atoms with Gasteiger partial charge in [-0.15, -0.1) is 0 Å². The van der Waals surface area contributed by atoms with Gasteiger partial charge in [-0.2, -0.15) is 0 Å². The Morgan fingerprint density at radius 2 is 2.32 bits per heavy atom. The van der Waals surface area contributed by atoms with Crippen LogP contribution in [0.15, 0.2) is 23.4 Å². The van der Waals surface area contributed by atoms with Gasteiger partial charge in [0.25, 0.3) is 0 Å². The van der Waals surface area contributed by atoms with Crippen LogP contribution >= 0.6 is 0 Å². The average molecular weight is 261 g/mol. The number of benzene rings is 1. The minimum Gasteiger partial charge on any atom is -0.493 e.